The minimum atomic E-state index is -0.485. The lowest BCUT2D eigenvalue weighted by molar-refractivity contribution is 0.0782. The van der Waals surface area contributed by atoms with Gasteiger partial charge in [0, 0.05) is 29.7 Å². The molecule has 0 saturated carbocycles. The van der Waals surface area contributed by atoms with Crippen LogP contribution in [0.15, 0.2) is 36.4 Å². The molecule has 2 aromatic carbocycles. The third kappa shape index (κ3) is 3.39. The van der Waals surface area contributed by atoms with E-state index in [2.05, 4.69) is 0 Å². The summed E-state index contributed by atoms with van der Waals surface area (Å²) in [5.41, 5.74) is 1.15. The number of hydrogen-bond donors (Lipinski definition) is 0. The van der Waals surface area contributed by atoms with E-state index >= 15 is 0 Å². The molecule has 0 fully saturated rings. The molecule has 0 heterocycles. The van der Waals surface area contributed by atoms with Gasteiger partial charge in [-0.05, 0) is 36.8 Å². The van der Waals surface area contributed by atoms with Crippen LogP contribution in [0.4, 0.5) is 8.78 Å². The van der Waals surface area contributed by atoms with Gasteiger partial charge in [-0.1, -0.05) is 23.7 Å². The summed E-state index contributed by atoms with van der Waals surface area (Å²) in [6, 6.07) is 8.35. The van der Waals surface area contributed by atoms with Crippen LogP contribution in [0.2, 0.25) is 5.02 Å². The van der Waals surface area contributed by atoms with Crippen LogP contribution < -0.4 is 0 Å². The molecular formula is C16H14ClF2NO. The van der Waals surface area contributed by atoms with Gasteiger partial charge in [0.05, 0.1) is 0 Å². The second kappa shape index (κ2) is 6.22. The lowest BCUT2D eigenvalue weighted by Crippen LogP contribution is -2.27. The molecule has 0 aliphatic rings. The van der Waals surface area contributed by atoms with Gasteiger partial charge >= 0.3 is 0 Å². The van der Waals surface area contributed by atoms with Crippen LogP contribution in [0.1, 0.15) is 21.5 Å². The molecule has 0 aliphatic carbocycles. The van der Waals surface area contributed by atoms with Crippen molar-refractivity contribution in [1.82, 2.24) is 4.90 Å². The summed E-state index contributed by atoms with van der Waals surface area (Å²) < 4.78 is 27.0. The number of benzene rings is 2. The summed E-state index contributed by atoms with van der Waals surface area (Å²) >= 11 is 5.94. The average Bonchev–Trinajstić information content (AvgIpc) is 2.44. The van der Waals surface area contributed by atoms with Gasteiger partial charge in [0.2, 0.25) is 0 Å². The van der Waals surface area contributed by atoms with Crippen LogP contribution in [0.5, 0.6) is 0 Å². The standard InChI is InChI=1S/C16H14ClF2NO/c1-10-6-7-11(18)8-12(10)16(21)20(2)9-13-14(17)4-3-5-15(13)19/h3-8H,9H2,1-2H3. The monoisotopic (exact) mass is 309 g/mol. The molecule has 0 unspecified atom stereocenters. The summed E-state index contributed by atoms with van der Waals surface area (Å²) in [6.07, 6.45) is 0. The number of halogens is 3. The summed E-state index contributed by atoms with van der Waals surface area (Å²) in [7, 11) is 1.52. The topological polar surface area (TPSA) is 20.3 Å². The van der Waals surface area contributed by atoms with Crippen LogP contribution in [-0.4, -0.2) is 17.9 Å². The quantitative estimate of drug-likeness (QED) is 0.832. The van der Waals surface area contributed by atoms with E-state index in [1.807, 2.05) is 0 Å². The molecule has 0 aliphatic heterocycles. The summed E-state index contributed by atoms with van der Waals surface area (Å²) in [5.74, 6) is -1.34. The van der Waals surface area contributed by atoms with Crippen LogP contribution in [0.25, 0.3) is 0 Å². The van der Waals surface area contributed by atoms with Gasteiger partial charge in [-0.25, -0.2) is 8.78 Å². The van der Waals surface area contributed by atoms with Gasteiger partial charge in [0.1, 0.15) is 11.6 Å². The maximum Gasteiger partial charge on any atom is 0.254 e. The molecule has 0 radical (unpaired) electrons. The van der Waals surface area contributed by atoms with Crippen molar-refractivity contribution in [2.24, 2.45) is 0 Å². The minimum absolute atomic E-state index is 0.0142. The molecule has 1 amide bonds. The molecule has 0 saturated heterocycles. The van der Waals surface area contributed by atoms with Gasteiger partial charge in [-0.2, -0.15) is 0 Å². The molecule has 2 aromatic rings. The summed E-state index contributed by atoms with van der Waals surface area (Å²) in [4.78, 5) is 13.6. The fraction of sp³-hybridized carbons (Fsp3) is 0.188. The van der Waals surface area contributed by atoms with Crippen molar-refractivity contribution in [1.29, 1.82) is 0 Å². The predicted molar refractivity (Wildman–Crippen MR) is 78.3 cm³/mol. The lowest BCUT2D eigenvalue weighted by Gasteiger charge is -2.19. The van der Waals surface area contributed by atoms with E-state index in [0.717, 1.165) is 0 Å². The Labute approximate surface area is 127 Å². The van der Waals surface area contributed by atoms with E-state index in [1.54, 1.807) is 13.0 Å². The first-order valence-electron chi connectivity index (χ1n) is 6.34. The van der Waals surface area contributed by atoms with E-state index in [9.17, 15) is 13.6 Å². The Bertz CT molecular complexity index is 668. The van der Waals surface area contributed by atoms with Gasteiger partial charge in [0.25, 0.3) is 5.91 Å². The number of carbonyl (C=O) groups is 1. The van der Waals surface area contributed by atoms with Crippen molar-refractivity contribution < 1.29 is 13.6 Å². The molecular weight excluding hydrogens is 296 g/mol. The maximum absolute atomic E-state index is 13.7. The van der Waals surface area contributed by atoms with Gasteiger partial charge in [-0.15, -0.1) is 0 Å². The number of aryl methyl sites for hydroxylation is 1. The van der Waals surface area contributed by atoms with E-state index in [4.69, 9.17) is 11.6 Å². The second-order valence-electron chi connectivity index (χ2n) is 4.82. The molecule has 0 aromatic heterocycles. The Morgan fingerprint density at radius 3 is 2.62 bits per heavy atom. The number of hydrogen-bond acceptors (Lipinski definition) is 1. The van der Waals surface area contributed by atoms with Crippen molar-refractivity contribution in [2.45, 2.75) is 13.5 Å². The Morgan fingerprint density at radius 2 is 1.95 bits per heavy atom. The summed E-state index contributed by atoms with van der Waals surface area (Å²) in [6.45, 7) is 1.73. The average molecular weight is 310 g/mol. The Morgan fingerprint density at radius 1 is 1.24 bits per heavy atom. The number of rotatable bonds is 3. The molecule has 0 spiro atoms. The van der Waals surface area contributed by atoms with Crippen LogP contribution in [0.3, 0.4) is 0 Å². The first kappa shape index (κ1) is 15.4. The highest BCUT2D eigenvalue weighted by Crippen LogP contribution is 2.21. The van der Waals surface area contributed by atoms with Crippen molar-refractivity contribution >= 4 is 17.5 Å². The van der Waals surface area contributed by atoms with Crippen LogP contribution in [-0.2, 0) is 6.54 Å². The maximum atomic E-state index is 13.7. The largest absolute Gasteiger partial charge is 0.337 e. The number of carbonyl (C=O) groups excluding carboxylic acids is 1. The van der Waals surface area contributed by atoms with E-state index < -0.39 is 11.6 Å². The Hall–Kier alpha value is -1.94. The first-order valence-corrected chi connectivity index (χ1v) is 6.72. The van der Waals surface area contributed by atoms with E-state index in [1.165, 1.54) is 42.3 Å². The second-order valence-corrected chi connectivity index (χ2v) is 5.23. The minimum Gasteiger partial charge on any atom is -0.337 e. The first-order chi connectivity index (χ1) is 9.90. The van der Waals surface area contributed by atoms with Crippen LogP contribution >= 0.6 is 11.6 Å². The van der Waals surface area contributed by atoms with Crippen molar-refractivity contribution in [3.63, 3.8) is 0 Å². The zero-order chi connectivity index (χ0) is 15.6. The van der Waals surface area contributed by atoms with Crippen LogP contribution in [0, 0.1) is 18.6 Å². The Kier molecular flexibility index (Phi) is 4.58. The molecule has 110 valence electrons. The lowest BCUT2D eigenvalue weighted by atomic mass is 10.1. The SMILES string of the molecule is Cc1ccc(F)cc1C(=O)N(C)Cc1c(F)cccc1Cl. The normalized spacial score (nSPS) is 10.5. The molecule has 0 bridgehead atoms. The highest BCUT2D eigenvalue weighted by atomic mass is 35.5. The van der Waals surface area contributed by atoms with Gasteiger partial charge in [-0.3, -0.25) is 4.79 Å². The smallest absolute Gasteiger partial charge is 0.254 e. The molecule has 2 nitrogen and oxygen atoms in total. The van der Waals surface area contributed by atoms with Crippen molar-refractivity contribution in [3.05, 3.63) is 69.7 Å². The number of nitrogens with zero attached hydrogens (tertiary/aromatic N) is 1. The van der Waals surface area contributed by atoms with E-state index in [-0.39, 0.29) is 28.6 Å². The zero-order valence-electron chi connectivity index (χ0n) is 11.7. The van der Waals surface area contributed by atoms with Crippen molar-refractivity contribution in [2.75, 3.05) is 7.05 Å². The zero-order valence-corrected chi connectivity index (χ0v) is 12.4. The Balaban J connectivity index is 2.26. The molecule has 0 atom stereocenters. The molecule has 21 heavy (non-hydrogen) atoms. The highest BCUT2D eigenvalue weighted by Gasteiger charge is 2.17. The predicted octanol–water partition coefficient (Wildman–Crippen LogP) is 4.20. The fourth-order valence-corrected chi connectivity index (χ4v) is 2.25. The van der Waals surface area contributed by atoms with Gasteiger partial charge < -0.3 is 4.90 Å². The third-order valence-corrected chi connectivity index (χ3v) is 3.59. The third-order valence-electron chi connectivity index (χ3n) is 3.23. The van der Waals surface area contributed by atoms with Gasteiger partial charge in [0.15, 0.2) is 0 Å². The number of amides is 1. The molecule has 5 heteroatoms. The highest BCUT2D eigenvalue weighted by molar-refractivity contribution is 6.31. The summed E-state index contributed by atoms with van der Waals surface area (Å²) in [5, 5.41) is 0.255. The molecule has 2 rings (SSSR count). The molecule has 0 N–H and O–H groups in total. The van der Waals surface area contributed by atoms with E-state index in [0.29, 0.717) is 5.56 Å². The fourth-order valence-electron chi connectivity index (χ4n) is 2.02. The van der Waals surface area contributed by atoms with Crippen molar-refractivity contribution in [3.8, 4) is 0 Å².